The maximum Gasteiger partial charge on any atom is 0.205 e. The molecule has 19 heavy (non-hydrogen) atoms. The molecule has 0 N–H and O–H groups in total. The van der Waals surface area contributed by atoms with E-state index in [-0.39, 0.29) is 11.2 Å². The van der Waals surface area contributed by atoms with Crippen LogP contribution in [-0.2, 0) is 15.3 Å². The van der Waals surface area contributed by atoms with Gasteiger partial charge in [-0.2, -0.15) is 4.37 Å². The van der Waals surface area contributed by atoms with Crippen LogP contribution in [0.2, 0.25) is 0 Å². The highest BCUT2D eigenvalue weighted by atomic mass is 32.2. The summed E-state index contributed by atoms with van der Waals surface area (Å²) in [6, 6.07) is 0. The number of anilines is 1. The molecule has 0 spiro atoms. The first-order valence-electron chi connectivity index (χ1n) is 6.34. The van der Waals surface area contributed by atoms with Crippen LogP contribution in [0.4, 0.5) is 5.13 Å². The first-order valence-corrected chi connectivity index (χ1v) is 8.77. The normalized spacial score (nSPS) is 22.5. The predicted molar refractivity (Wildman–Crippen MR) is 78.7 cm³/mol. The number of nitrogens with zero attached hydrogens (tertiary/aromatic N) is 3. The molecule has 0 atom stereocenters. The molecule has 1 aromatic heterocycles. The molecular formula is C12H21N3O2S2. The summed E-state index contributed by atoms with van der Waals surface area (Å²) in [5.74, 6) is 1.00. The summed E-state index contributed by atoms with van der Waals surface area (Å²) in [5.41, 5.74) is -0.0773. The minimum Gasteiger partial charge on any atom is -0.344 e. The van der Waals surface area contributed by atoms with E-state index in [0.717, 1.165) is 11.0 Å². The number of aromatic nitrogens is 2. The molecule has 108 valence electrons. The van der Waals surface area contributed by atoms with Crippen molar-refractivity contribution in [2.45, 2.75) is 44.8 Å². The molecule has 0 amide bonds. The van der Waals surface area contributed by atoms with Crippen LogP contribution in [0.5, 0.6) is 0 Å². The molecule has 7 heteroatoms. The van der Waals surface area contributed by atoms with Gasteiger partial charge in [0, 0.05) is 30.0 Å². The Morgan fingerprint density at radius 2 is 1.95 bits per heavy atom. The molecule has 1 fully saturated rings. The fourth-order valence-corrected chi connectivity index (χ4v) is 4.20. The highest BCUT2D eigenvalue weighted by Gasteiger charge is 2.41. The summed E-state index contributed by atoms with van der Waals surface area (Å²) in [6.45, 7) is 10.8. The summed E-state index contributed by atoms with van der Waals surface area (Å²) in [6.07, 6.45) is 0. The van der Waals surface area contributed by atoms with Crippen molar-refractivity contribution in [2.24, 2.45) is 0 Å². The largest absolute Gasteiger partial charge is 0.344 e. The van der Waals surface area contributed by atoms with Crippen LogP contribution in [0.25, 0.3) is 0 Å². The van der Waals surface area contributed by atoms with Crippen molar-refractivity contribution in [3.05, 3.63) is 5.82 Å². The van der Waals surface area contributed by atoms with Gasteiger partial charge in [-0.1, -0.05) is 20.8 Å². The molecule has 1 aliphatic heterocycles. The van der Waals surface area contributed by atoms with Gasteiger partial charge in [-0.15, -0.1) is 0 Å². The SMILES string of the molecule is CC(C)(C)c1nsc(N2CCS(=O)(=O)C(C)(C)C2)n1. The summed E-state index contributed by atoms with van der Waals surface area (Å²) in [5, 5.41) is 0.827. The molecule has 1 aliphatic rings. The van der Waals surface area contributed by atoms with Crippen molar-refractivity contribution in [1.29, 1.82) is 0 Å². The molecule has 0 aliphatic carbocycles. The van der Waals surface area contributed by atoms with E-state index in [1.807, 2.05) is 4.90 Å². The fourth-order valence-electron chi connectivity index (χ4n) is 1.96. The van der Waals surface area contributed by atoms with E-state index in [1.165, 1.54) is 11.5 Å². The molecule has 2 rings (SSSR count). The minimum absolute atomic E-state index is 0.0773. The van der Waals surface area contributed by atoms with Gasteiger partial charge < -0.3 is 4.90 Å². The average Bonchev–Trinajstić information content (AvgIpc) is 2.70. The lowest BCUT2D eigenvalue weighted by Crippen LogP contribution is -2.53. The minimum atomic E-state index is -3.01. The van der Waals surface area contributed by atoms with Crippen LogP contribution in [-0.4, -0.2) is 41.4 Å². The number of hydrogen-bond acceptors (Lipinski definition) is 6. The monoisotopic (exact) mass is 303 g/mol. The van der Waals surface area contributed by atoms with E-state index in [0.29, 0.717) is 13.1 Å². The quantitative estimate of drug-likeness (QED) is 0.792. The van der Waals surface area contributed by atoms with Crippen LogP contribution in [0.1, 0.15) is 40.4 Å². The molecule has 0 radical (unpaired) electrons. The third-order valence-corrected chi connectivity index (χ3v) is 6.71. The summed E-state index contributed by atoms with van der Waals surface area (Å²) in [7, 11) is -3.01. The Labute approximate surface area is 119 Å². The highest BCUT2D eigenvalue weighted by molar-refractivity contribution is 7.92. The fraction of sp³-hybridized carbons (Fsp3) is 0.833. The number of rotatable bonds is 1. The number of sulfone groups is 1. The van der Waals surface area contributed by atoms with Gasteiger partial charge in [-0.3, -0.25) is 0 Å². The lowest BCUT2D eigenvalue weighted by atomic mass is 9.96. The van der Waals surface area contributed by atoms with Gasteiger partial charge in [0.1, 0.15) is 5.82 Å². The highest BCUT2D eigenvalue weighted by Crippen LogP contribution is 2.30. The van der Waals surface area contributed by atoms with E-state index in [2.05, 4.69) is 30.1 Å². The second-order valence-corrected chi connectivity index (χ2v) is 10.1. The second-order valence-electron chi connectivity index (χ2n) is 6.65. The summed E-state index contributed by atoms with van der Waals surface area (Å²) >= 11 is 1.35. The number of hydrogen-bond donors (Lipinski definition) is 0. The lowest BCUT2D eigenvalue weighted by Gasteiger charge is -2.37. The Morgan fingerprint density at radius 1 is 1.32 bits per heavy atom. The molecule has 0 bridgehead atoms. The smallest absolute Gasteiger partial charge is 0.205 e. The van der Waals surface area contributed by atoms with Crippen molar-refractivity contribution in [3.63, 3.8) is 0 Å². The summed E-state index contributed by atoms with van der Waals surface area (Å²) in [4.78, 5) is 6.59. The van der Waals surface area contributed by atoms with Gasteiger partial charge in [-0.05, 0) is 13.8 Å². The Morgan fingerprint density at radius 3 is 2.42 bits per heavy atom. The molecule has 5 nitrogen and oxygen atoms in total. The van der Waals surface area contributed by atoms with Gasteiger partial charge in [0.2, 0.25) is 5.13 Å². The Bertz CT molecular complexity index is 570. The van der Waals surface area contributed by atoms with Gasteiger partial charge in [0.05, 0.1) is 10.5 Å². The first-order chi connectivity index (χ1) is 8.53. The zero-order valence-electron chi connectivity index (χ0n) is 12.1. The second kappa shape index (κ2) is 4.41. The zero-order chi connectivity index (χ0) is 14.5. The molecule has 1 aromatic rings. The third-order valence-electron chi connectivity index (χ3n) is 3.40. The Kier molecular flexibility index (Phi) is 3.42. The topological polar surface area (TPSA) is 63.2 Å². The summed E-state index contributed by atoms with van der Waals surface area (Å²) < 4.78 is 27.6. The Hall–Kier alpha value is -0.690. The van der Waals surface area contributed by atoms with Gasteiger partial charge in [-0.25, -0.2) is 13.4 Å². The van der Waals surface area contributed by atoms with Crippen molar-refractivity contribution in [2.75, 3.05) is 23.7 Å². The molecule has 1 saturated heterocycles. The van der Waals surface area contributed by atoms with Crippen LogP contribution in [0, 0.1) is 0 Å². The molecule has 2 heterocycles. The molecule has 0 unspecified atom stereocenters. The van der Waals surface area contributed by atoms with E-state index >= 15 is 0 Å². The van der Waals surface area contributed by atoms with Crippen molar-refractivity contribution < 1.29 is 8.42 Å². The van der Waals surface area contributed by atoms with E-state index in [9.17, 15) is 8.42 Å². The van der Waals surface area contributed by atoms with Crippen LogP contribution in [0.3, 0.4) is 0 Å². The van der Waals surface area contributed by atoms with Gasteiger partial charge in [0.15, 0.2) is 9.84 Å². The third kappa shape index (κ3) is 2.76. The maximum absolute atomic E-state index is 12.0. The average molecular weight is 303 g/mol. The van der Waals surface area contributed by atoms with Gasteiger partial charge in [0.25, 0.3) is 0 Å². The van der Waals surface area contributed by atoms with Crippen LogP contribution < -0.4 is 4.90 Å². The zero-order valence-corrected chi connectivity index (χ0v) is 13.7. The molecule has 0 aromatic carbocycles. The van der Waals surface area contributed by atoms with Crippen LogP contribution >= 0.6 is 11.5 Å². The predicted octanol–water partition coefficient (Wildman–Crippen LogP) is 1.85. The lowest BCUT2D eigenvalue weighted by molar-refractivity contribution is 0.520. The molecule has 0 saturated carbocycles. The van der Waals surface area contributed by atoms with Crippen molar-refractivity contribution >= 4 is 26.5 Å². The van der Waals surface area contributed by atoms with E-state index < -0.39 is 14.6 Å². The van der Waals surface area contributed by atoms with Crippen molar-refractivity contribution in [3.8, 4) is 0 Å². The standard InChI is InChI=1S/C12H21N3O2S2/c1-11(2,3)9-13-10(18-14-9)15-6-7-19(16,17)12(4,5)8-15/h6-8H2,1-5H3. The maximum atomic E-state index is 12.0. The molecular weight excluding hydrogens is 282 g/mol. The van der Waals surface area contributed by atoms with Crippen molar-refractivity contribution in [1.82, 2.24) is 9.36 Å². The van der Waals surface area contributed by atoms with E-state index in [4.69, 9.17) is 0 Å². The Balaban J connectivity index is 2.23. The van der Waals surface area contributed by atoms with E-state index in [1.54, 1.807) is 13.8 Å². The van der Waals surface area contributed by atoms with Gasteiger partial charge >= 0.3 is 0 Å². The van der Waals surface area contributed by atoms with Crippen LogP contribution in [0.15, 0.2) is 0 Å². The first kappa shape index (κ1) is 14.7.